The van der Waals surface area contributed by atoms with Crippen molar-refractivity contribution in [2.24, 2.45) is 0 Å². The van der Waals surface area contributed by atoms with Gasteiger partial charge in [-0.1, -0.05) is 24.3 Å². The summed E-state index contributed by atoms with van der Waals surface area (Å²) >= 11 is 4.66. The fourth-order valence-electron chi connectivity index (χ4n) is 2.26. The highest BCUT2D eigenvalue weighted by Crippen LogP contribution is 2.22. The molecule has 0 spiro atoms. The fourth-order valence-corrected chi connectivity index (χ4v) is 3.55. The standard InChI is InChI=1S/C17H19BrN2O2S/c1-10-6-4-5-7-13(10)11(2)19-16(21)12(3)20-17(22)14-8-9-15(18)23-14/h4-9,11-12H,1-3H3,(H,19,21)(H,20,22)/t11-,12-/m1/s1. The quantitative estimate of drug-likeness (QED) is 0.809. The summed E-state index contributed by atoms with van der Waals surface area (Å²) < 4.78 is 0.882. The Balaban J connectivity index is 1.95. The SMILES string of the molecule is Cc1ccccc1[C@@H](C)NC(=O)[C@@H](C)NC(=O)c1ccc(Br)s1. The third-order valence-electron chi connectivity index (χ3n) is 3.55. The monoisotopic (exact) mass is 394 g/mol. The molecule has 2 rings (SSSR count). The molecule has 0 fully saturated rings. The Morgan fingerprint density at radius 2 is 1.78 bits per heavy atom. The molecule has 23 heavy (non-hydrogen) atoms. The number of amides is 2. The highest BCUT2D eigenvalue weighted by Gasteiger charge is 2.20. The molecule has 0 radical (unpaired) electrons. The first-order valence-corrected chi connectivity index (χ1v) is 8.91. The molecule has 2 aromatic rings. The Morgan fingerprint density at radius 1 is 1.09 bits per heavy atom. The number of aryl methyl sites for hydroxylation is 1. The summed E-state index contributed by atoms with van der Waals surface area (Å²) in [6, 6.07) is 10.7. The Bertz CT molecular complexity index is 714. The Hall–Kier alpha value is -1.66. The van der Waals surface area contributed by atoms with Crippen molar-refractivity contribution < 1.29 is 9.59 Å². The molecule has 0 aliphatic rings. The van der Waals surface area contributed by atoms with Gasteiger partial charge in [0.2, 0.25) is 5.91 Å². The van der Waals surface area contributed by atoms with Gasteiger partial charge < -0.3 is 10.6 Å². The largest absolute Gasteiger partial charge is 0.348 e. The number of nitrogens with one attached hydrogen (secondary N) is 2. The molecule has 0 unspecified atom stereocenters. The van der Waals surface area contributed by atoms with Crippen LogP contribution < -0.4 is 10.6 Å². The maximum Gasteiger partial charge on any atom is 0.262 e. The molecule has 1 heterocycles. The van der Waals surface area contributed by atoms with Crippen LogP contribution in [-0.4, -0.2) is 17.9 Å². The van der Waals surface area contributed by atoms with Gasteiger partial charge in [-0.25, -0.2) is 0 Å². The molecule has 2 N–H and O–H groups in total. The van der Waals surface area contributed by atoms with Crippen LogP contribution in [0, 0.1) is 6.92 Å². The van der Waals surface area contributed by atoms with Crippen LogP contribution in [0.5, 0.6) is 0 Å². The Kier molecular flexibility index (Phi) is 5.96. The van der Waals surface area contributed by atoms with Gasteiger partial charge in [0.25, 0.3) is 5.91 Å². The van der Waals surface area contributed by atoms with Gasteiger partial charge in [0, 0.05) is 0 Å². The number of carbonyl (C=O) groups excluding carboxylic acids is 2. The van der Waals surface area contributed by atoms with Crippen molar-refractivity contribution in [3.63, 3.8) is 0 Å². The van der Waals surface area contributed by atoms with Gasteiger partial charge in [-0.15, -0.1) is 11.3 Å². The van der Waals surface area contributed by atoms with E-state index in [1.807, 2.05) is 44.2 Å². The van der Waals surface area contributed by atoms with Crippen molar-refractivity contribution in [1.29, 1.82) is 0 Å². The first-order chi connectivity index (χ1) is 10.9. The van der Waals surface area contributed by atoms with Crippen molar-refractivity contribution in [1.82, 2.24) is 10.6 Å². The summed E-state index contributed by atoms with van der Waals surface area (Å²) in [5.74, 6) is -0.448. The minimum Gasteiger partial charge on any atom is -0.348 e. The topological polar surface area (TPSA) is 58.2 Å². The van der Waals surface area contributed by atoms with Crippen LogP contribution in [0.15, 0.2) is 40.2 Å². The molecule has 2 atom stereocenters. The highest BCUT2D eigenvalue weighted by molar-refractivity contribution is 9.11. The van der Waals surface area contributed by atoms with Crippen LogP contribution in [0.3, 0.4) is 0 Å². The second-order valence-corrected chi connectivity index (χ2v) is 7.85. The van der Waals surface area contributed by atoms with E-state index < -0.39 is 6.04 Å². The lowest BCUT2D eigenvalue weighted by atomic mass is 10.0. The van der Waals surface area contributed by atoms with Gasteiger partial charge in [0.1, 0.15) is 6.04 Å². The molecule has 0 aliphatic heterocycles. The third-order valence-corrected chi connectivity index (χ3v) is 5.17. The van der Waals surface area contributed by atoms with Crippen molar-refractivity contribution in [3.8, 4) is 0 Å². The molecular formula is C17H19BrN2O2S. The number of halogens is 1. The van der Waals surface area contributed by atoms with E-state index in [4.69, 9.17) is 0 Å². The average Bonchev–Trinajstić information content (AvgIpc) is 2.94. The molecule has 0 saturated carbocycles. The van der Waals surface area contributed by atoms with Crippen molar-refractivity contribution >= 4 is 39.1 Å². The van der Waals surface area contributed by atoms with Gasteiger partial charge >= 0.3 is 0 Å². The number of rotatable bonds is 5. The summed E-state index contributed by atoms with van der Waals surface area (Å²) in [6.07, 6.45) is 0. The van der Waals surface area contributed by atoms with Crippen LogP contribution in [0.1, 0.15) is 40.7 Å². The maximum atomic E-state index is 12.3. The summed E-state index contributed by atoms with van der Waals surface area (Å²) in [4.78, 5) is 24.9. The summed E-state index contributed by atoms with van der Waals surface area (Å²) in [5, 5.41) is 5.66. The van der Waals surface area contributed by atoms with E-state index in [2.05, 4.69) is 26.6 Å². The highest BCUT2D eigenvalue weighted by atomic mass is 79.9. The summed E-state index contributed by atoms with van der Waals surface area (Å²) in [5.41, 5.74) is 2.20. The van der Waals surface area contributed by atoms with E-state index in [1.165, 1.54) is 11.3 Å². The lowest BCUT2D eigenvalue weighted by Crippen LogP contribution is -2.45. The van der Waals surface area contributed by atoms with Crippen LogP contribution in [-0.2, 0) is 4.79 Å². The average molecular weight is 395 g/mol. The minimum absolute atomic E-state index is 0.112. The lowest BCUT2D eigenvalue weighted by molar-refractivity contribution is -0.123. The number of hydrogen-bond acceptors (Lipinski definition) is 3. The first kappa shape index (κ1) is 17.7. The second-order valence-electron chi connectivity index (χ2n) is 5.39. The Labute approximate surface area is 148 Å². The molecule has 1 aromatic heterocycles. The zero-order chi connectivity index (χ0) is 17.0. The smallest absolute Gasteiger partial charge is 0.262 e. The molecule has 4 nitrogen and oxygen atoms in total. The fraction of sp³-hybridized carbons (Fsp3) is 0.294. The number of hydrogen-bond donors (Lipinski definition) is 2. The van der Waals surface area contributed by atoms with Crippen molar-refractivity contribution in [3.05, 3.63) is 56.2 Å². The first-order valence-electron chi connectivity index (χ1n) is 7.30. The van der Waals surface area contributed by atoms with Gasteiger partial charge in [-0.05, 0) is 60.0 Å². The van der Waals surface area contributed by atoms with Crippen LogP contribution in [0.2, 0.25) is 0 Å². The zero-order valence-electron chi connectivity index (χ0n) is 13.2. The minimum atomic E-state index is -0.602. The van der Waals surface area contributed by atoms with E-state index in [0.29, 0.717) is 4.88 Å². The molecule has 0 saturated heterocycles. The van der Waals surface area contributed by atoms with Crippen molar-refractivity contribution in [2.75, 3.05) is 0 Å². The molecule has 1 aromatic carbocycles. The van der Waals surface area contributed by atoms with Crippen molar-refractivity contribution in [2.45, 2.75) is 32.9 Å². The number of carbonyl (C=O) groups is 2. The maximum absolute atomic E-state index is 12.3. The van der Waals surface area contributed by atoms with Crippen LogP contribution in [0.4, 0.5) is 0 Å². The molecule has 6 heteroatoms. The second kappa shape index (κ2) is 7.75. The van der Waals surface area contributed by atoms with Gasteiger partial charge in [0.05, 0.1) is 14.7 Å². The van der Waals surface area contributed by atoms with Gasteiger partial charge in [-0.2, -0.15) is 0 Å². The molecule has 122 valence electrons. The molecule has 2 amide bonds. The van der Waals surface area contributed by atoms with E-state index in [0.717, 1.165) is 14.9 Å². The van der Waals surface area contributed by atoms with Gasteiger partial charge in [-0.3, -0.25) is 9.59 Å². The molecular weight excluding hydrogens is 376 g/mol. The van der Waals surface area contributed by atoms with Crippen LogP contribution in [0.25, 0.3) is 0 Å². The summed E-state index contributed by atoms with van der Waals surface area (Å²) in [6.45, 7) is 5.63. The number of thiophene rings is 1. The van der Waals surface area contributed by atoms with E-state index >= 15 is 0 Å². The lowest BCUT2D eigenvalue weighted by Gasteiger charge is -2.20. The molecule has 0 bridgehead atoms. The van der Waals surface area contributed by atoms with E-state index in [9.17, 15) is 9.59 Å². The van der Waals surface area contributed by atoms with Crippen LogP contribution >= 0.6 is 27.3 Å². The number of benzene rings is 1. The van der Waals surface area contributed by atoms with E-state index in [-0.39, 0.29) is 17.9 Å². The predicted molar refractivity (Wildman–Crippen MR) is 96.7 cm³/mol. The van der Waals surface area contributed by atoms with Gasteiger partial charge in [0.15, 0.2) is 0 Å². The Morgan fingerprint density at radius 3 is 2.39 bits per heavy atom. The zero-order valence-corrected chi connectivity index (χ0v) is 15.6. The summed E-state index contributed by atoms with van der Waals surface area (Å²) in [7, 11) is 0. The molecule has 0 aliphatic carbocycles. The third kappa shape index (κ3) is 4.65. The van der Waals surface area contributed by atoms with E-state index in [1.54, 1.807) is 13.0 Å². The normalized spacial score (nSPS) is 13.2. The predicted octanol–water partition coefficient (Wildman–Crippen LogP) is 3.81.